The standard InChI is InChI=1S/C45H41NSi2/c1-36-30-32-37(33-31-36)46(38-18-16-28-44(34-38)47(2,40-20-8-4-9-21-40)41-22-10-5-11-23-41)39-19-17-29-45(35-39)48(3,42-24-12-6-13-25-42)43-26-14-7-15-27-43/h4-35H,1-3H3. The van der Waals surface area contributed by atoms with Crippen LogP contribution in [0.3, 0.4) is 0 Å². The van der Waals surface area contributed by atoms with Crippen molar-refractivity contribution < 1.29 is 0 Å². The molecule has 7 aromatic rings. The molecule has 234 valence electrons. The van der Waals surface area contributed by atoms with Gasteiger partial charge in [-0.05, 0) is 74.4 Å². The van der Waals surface area contributed by atoms with Gasteiger partial charge in [0.15, 0.2) is 0 Å². The average molecular weight is 652 g/mol. The third-order valence-electron chi connectivity index (χ3n) is 10.1. The zero-order valence-electron chi connectivity index (χ0n) is 27.9. The summed E-state index contributed by atoms with van der Waals surface area (Å²) >= 11 is 0. The Kier molecular flexibility index (Phi) is 8.81. The highest BCUT2D eigenvalue weighted by Gasteiger charge is 2.36. The molecule has 0 aromatic heterocycles. The molecule has 0 fully saturated rings. The van der Waals surface area contributed by atoms with Gasteiger partial charge in [0.05, 0.1) is 0 Å². The predicted molar refractivity (Wildman–Crippen MR) is 213 cm³/mol. The molecule has 0 atom stereocenters. The molecule has 48 heavy (non-hydrogen) atoms. The van der Waals surface area contributed by atoms with Crippen LogP contribution >= 0.6 is 0 Å². The van der Waals surface area contributed by atoms with Crippen molar-refractivity contribution in [3.8, 4) is 0 Å². The zero-order valence-corrected chi connectivity index (χ0v) is 29.9. The minimum absolute atomic E-state index is 1.15. The van der Waals surface area contributed by atoms with Crippen molar-refractivity contribution in [1.82, 2.24) is 0 Å². The van der Waals surface area contributed by atoms with Gasteiger partial charge in [0.2, 0.25) is 0 Å². The van der Waals surface area contributed by atoms with Gasteiger partial charge >= 0.3 is 0 Å². The van der Waals surface area contributed by atoms with Crippen LogP contribution in [0.15, 0.2) is 194 Å². The fourth-order valence-electron chi connectivity index (χ4n) is 7.14. The zero-order chi connectivity index (χ0) is 33.0. The van der Waals surface area contributed by atoms with E-state index in [1.165, 1.54) is 48.1 Å². The maximum Gasteiger partial charge on any atom is 0.145 e. The lowest BCUT2D eigenvalue weighted by atomic mass is 10.1. The molecule has 0 aliphatic heterocycles. The fourth-order valence-corrected chi connectivity index (χ4v) is 14.3. The summed E-state index contributed by atoms with van der Waals surface area (Å²) in [6.45, 7) is 7.14. The summed E-state index contributed by atoms with van der Waals surface area (Å²) in [5.74, 6) is 0. The van der Waals surface area contributed by atoms with E-state index >= 15 is 0 Å². The summed E-state index contributed by atoms with van der Waals surface area (Å²) < 4.78 is 0. The highest BCUT2D eigenvalue weighted by atomic mass is 28.3. The van der Waals surface area contributed by atoms with Crippen LogP contribution in [0.25, 0.3) is 0 Å². The number of hydrogen-bond donors (Lipinski definition) is 0. The predicted octanol–water partition coefficient (Wildman–Crippen LogP) is 7.66. The van der Waals surface area contributed by atoms with Crippen molar-refractivity contribution >= 4 is 64.3 Å². The molecule has 0 bridgehead atoms. The van der Waals surface area contributed by atoms with E-state index in [4.69, 9.17) is 0 Å². The maximum atomic E-state index is 2.49. The molecular weight excluding hydrogens is 611 g/mol. The molecule has 7 aromatic carbocycles. The van der Waals surface area contributed by atoms with Gasteiger partial charge in [0.1, 0.15) is 16.1 Å². The molecule has 1 nitrogen and oxygen atoms in total. The largest absolute Gasteiger partial charge is 0.311 e. The molecule has 7 rings (SSSR count). The van der Waals surface area contributed by atoms with Crippen LogP contribution in [0, 0.1) is 6.92 Å². The van der Waals surface area contributed by atoms with Gasteiger partial charge in [-0.2, -0.15) is 0 Å². The highest BCUT2D eigenvalue weighted by Crippen LogP contribution is 2.34. The Morgan fingerprint density at radius 2 is 0.625 bits per heavy atom. The van der Waals surface area contributed by atoms with Crippen molar-refractivity contribution in [2.45, 2.75) is 20.0 Å². The fraction of sp³-hybridized carbons (Fsp3) is 0.0667. The maximum absolute atomic E-state index is 2.49. The first-order valence-electron chi connectivity index (χ1n) is 16.8. The average Bonchev–Trinajstić information content (AvgIpc) is 3.17. The summed E-state index contributed by atoms with van der Waals surface area (Å²) in [4.78, 5) is 2.45. The third-order valence-corrected chi connectivity index (χ3v) is 18.9. The molecule has 0 aliphatic rings. The number of rotatable bonds is 9. The third kappa shape index (κ3) is 5.88. The van der Waals surface area contributed by atoms with Crippen molar-refractivity contribution in [2.75, 3.05) is 4.90 Å². The van der Waals surface area contributed by atoms with E-state index < -0.39 is 16.1 Å². The number of anilines is 3. The van der Waals surface area contributed by atoms with Crippen LogP contribution < -0.4 is 36.0 Å². The molecule has 0 heterocycles. The number of hydrogen-bond acceptors (Lipinski definition) is 1. The van der Waals surface area contributed by atoms with E-state index in [0.29, 0.717) is 0 Å². The Balaban J connectivity index is 1.42. The SMILES string of the molecule is Cc1ccc(N(c2cccc([Si](C)(c3ccccc3)c3ccccc3)c2)c2cccc([Si](C)(c3ccccc3)c3ccccc3)c2)cc1. The monoisotopic (exact) mass is 651 g/mol. The number of benzene rings is 7. The van der Waals surface area contributed by atoms with Crippen molar-refractivity contribution in [3.05, 3.63) is 200 Å². The van der Waals surface area contributed by atoms with E-state index in [-0.39, 0.29) is 0 Å². The van der Waals surface area contributed by atoms with Crippen LogP contribution in [0.4, 0.5) is 17.1 Å². The molecular formula is C45H41NSi2. The summed E-state index contributed by atoms with van der Waals surface area (Å²) in [5, 5.41) is 8.40. The first-order valence-corrected chi connectivity index (χ1v) is 21.8. The molecule has 0 spiro atoms. The smallest absolute Gasteiger partial charge is 0.145 e. The van der Waals surface area contributed by atoms with Gasteiger partial charge < -0.3 is 4.90 Å². The molecule has 0 saturated heterocycles. The first-order chi connectivity index (χ1) is 23.5. The lowest BCUT2D eigenvalue weighted by molar-refractivity contribution is 1.28. The topological polar surface area (TPSA) is 3.24 Å². The Morgan fingerprint density at radius 1 is 0.312 bits per heavy atom. The molecule has 0 aliphatic carbocycles. The summed E-state index contributed by atoms with van der Waals surface area (Å²) in [6, 6.07) is 72.0. The summed E-state index contributed by atoms with van der Waals surface area (Å²) in [6.07, 6.45) is 0. The Bertz CT molecular complexity index is 1880. The van der Waals surface area contributed by atoms with Gasteiger partial charge in [0, 0.05) is 17.1 Å². The lowest BCUT2D eigenvalue weighted by Gasteiger charge is -2.33. The van der Waals surface area contributed by atoms with Crippen LogP contribution in [-0.4, -0.2) is 16.1 Å². The van der Waals surface area contributed by atoms with Crippen LogP contribution in [0.2, 0.25) is 13.1 Å². The van der Waals surface area contributed by atoms with E-state index in [2.05, 4.69) is 219 Å². The number of nitrogens with zero attached hydrogens (tertiary/aromatic N) is 1. The van der Waals surface area contributed by atoms with Crippen LogP contribution in [-0.2, 0) is 0 Å². The van der Waals surface area contributed by atoms with Crippen molar-refractivity contribution in [3.63, 3.8) is 0 Å². The Hall–Kier alpha value is -5.23. The minimum Gasteiger partial charge on any atom is -0.311 e. The van der Waals surface area contributed by atoms with E-state index in [1.807, 2.05) is 0 Å². The Labute approximate surface area is 287 Å². The van der Waals surface area contributed by atoms with Gasteiger partial charge in [0.25, 0.3) is 0 Å². The van der Waals surface area contributed by atoms with Crippen LogP contribution in [0.5, 0.6) is 0 Å². The van der Waals surface area contributed by atoms with Crippen molar-refractivity contribution in [1.29, 1.82) is 0 Å². The van der Waals surface area contributed by atoms with Gasteiger partial charge in [-0.3, -0.25) is 0 Å². The van der Waals surface area contributed by atoms with E-state index in [1.54, 1.807) is 0 Å². The van der Waals surface area contributed by atoms with Gasteiger partial charge in [-0.25, -0.2) is 0 Å². The lowest BCUT2D eigenvalue weighted by Crippen LogP contribution is -2.64. The molecule has 0 N–H and O–H groups in total. The second-order valence-electron chi connectivity index (χ2n) is 13.0. The molecule has 0 unspecified atom stereocenters. The second-order valence-corrected chi connectivity index (χ2v) is 20.9. The summed E-state index contributed by atoms with van der Waals surface area (Å²) in [7, 11) is -4.63. The minimum atomic E-state index is -2.31. The highest BCUT2D eigenvalue weighted by molar-refractivity contribution is 7.11. The van der Waals surface area contributed by atoms with E-state index in [9.17, 15) is 0 Å². The molecule has 3 heteroatoms. The van der Waals surface area contributed by atoms with Gasteiger partial charge in [-0.15, -0.1) is 0 Å². The van der Waals surface area contributed by atoms with E-state index in [0.717, 1.165) is 5.69 Å². The number of aryl methyl sites for hydroxylation is 1. The molecule has 0 saturated carbocycles. The van der Waals surface area contributed by atoms with Crippen molar-refractivity contribution in [2.24, 2.45) is 0 Å². The Morgan fingerprint density at radius 3 is 0.958 bits per heavy atom. The van der Waals surface area contributed by atoms with Crippen LogP contribution in [0.1, 0.15) is 5.56 Å². The summed E-state index contributed by atoms with van der Waals surface area (Å²) in [5.41, 5.74) is 4.74. The quantitative estimate of drug-likeness (QED) is 0.114. The molecule has 0 amide bonds. The normalized spacial score (nSPS) is 11.6. The van der Waals surface area contributed by atoms with Gasteiger partial charge in [-0.1, -0.05) is 176 Å². The second kappa shape index (κ2) is 13.5. The molecule has 0 radical (unpaired) electrons. The first kappa shape index (κ1) is 31.4.